The number of aromatic nitrogens is 1. The molecule has 2 aromatic rings. The zero-order chi connectivity index (χ0) is 16.1. The number of thioether (sulfide) groups is 1. The largest absolute Gasteiger partial charge is 0.350 e. The van der Waals surface area contributed by atoms with Crippen molar-refractivity contribution in [1.82, 2.24) is 15.2 Å². The van der Waals surface area contributed by atoms with Crippen LogP contribution in [0.3, 0.4) is 0 Å². The van der Waals surface area contributed by atoms with Crippen LogP contribution in [0.15, 0.2) is 54.9 Å². The summed E-state index contributed by atoms with van der Waals surface area (Å²) in [5, 5.41) is 2.90. The number of carbonyl (C=O) groups is 2. The molecule has 0 radical (unpaired) electrons. The Bertz CT molecular complexity index is 679. The third-order valence-corrected chi connectivity index (χ3v) is 4.69. The highest BCUT2D eigenvalue weighted by molar-refractivity contribution is 7.99. The molecule has 1 N–H and O–H groups in total. The van der Waals surface area contributed by atoms with Gasteiger partial charge in [-0.1, -0.05) is 18.2 Å². The molecule has 3 rings (SSSR count). The number of rotatable bonds is 4. The van der Waals surface area contributed by atoms with E-state index >= 15 is 0 Å². The molecule has 118 valence electrons. The van der Waals surface area contributed by atoms with E-state index in [9.17, 15) is 9.59 Å². The second-order valence-corrected chi connectivity index (χ2v) is 6.23. The Labute approximate surface area is 139 Å². The number of benzene rings is 1. The Kier molecular flexibility index (Phi) is 4.92. The van der Waals surface area contributed by atoms with Crippen LogP contribution in [0, 0.1) is 0 Å². The third-order valence-electron chi connectivity index (χ3n) is 3.68. The van der Waals surface area contributed by atoms with Gasteiger partial charge in [0.2, 0.25) is 5.91 Å². The fourth-order valence-electron chi connectivity index (χ4n) is 2.41. The Morgan fingerprint density at radius 2 is 1.91 bits per heavy atom. The van der Waals surface area contributed by atoms with Crippen LogP contribution in [-0.2, 0) is 11.3 Å². The summed E-state index contributed by atoms with van der Waals surface area (Å²) in [6.07, 6.45) is 3.39. The van der Waals surface area contributed by atoms with Crippen molar-refractivity contribution >= 4 is 23.6 Å². The standard InChI is InChI=1S/C17H17N3O2S/c21-16(19-10-13-6-8-18-9-7-13)15-11-23-12-20(15)17(22)14-4-2-1-3-5-14/h1-9,15H,10-12H2,(H,19,21)/t15-/m0/s1. The molecule has 1 aliphatic heterocycles. The van der Waals surface area contributed by atoms with Gasteiger partial charge in [-0.25, -0.2) is 0 Å². The number of amides is 2. The predicted octanol–water partition coefficient (Wildman–Crippen LogP) is 1.91. The maximum Gasteiger partial charge on any atom is 0.255 e. The fraction of sp³-hybridized carbons (Fsp3) is 0.235. The van der Waals surface area contributed by atoms with E-state index in [1.54, 1.807) is 41.2 Å². The number of carbonyl (C=O) groups excluding carboxylic acids is 2. The molecule has 1 aromatic heterocycles. The van der Waals surface area contributed by atoms with Gasteiger partial charge in [-0.05, 0) is 29.8 Å². The predicted molar refractivity (Wildman–Crippen MR) is 89.8 cm³/mol. The molecule has 0 spiro atoms. The number of pyridine rings is 1. The molecular formula is C17H17N3O2S. The van der Waals surface area contributed by atoms with Crippen LogP contribution in [0.1, 0.15) is 15.9 Å². The van der Waals surface area contributed by atoms with E-state index in [0.717, 1.165) is 5.56 Å². The minimum atomic E-state index is -0.422. The number of hydrogen-bond donors (Lipinski definition) is 1. The Balaban J connectivity index is 1.64. The van der Waals surface area contributed by atoms with Gasteiger partial charge in [-0.15, -0.1) is 11.8 Å². The van der Waals surface area contributed by atoms with E-state index < -0.39 is 6.04 Å². The monoisotopic (exact) mass is 327 g/mol. The Hall–Kier alpha value is -2.34. The molecule has 1 aromatic carbocycles. The van der Waals surface area contributed by atoms with Crippen molar-refractivity contribution in [2.24, 2.45) is 0 Å². The molecule has 1 saturated heterocycles. The van der Waals surface area contributed by atoms with E-state index in [4.69, 9.17) is 0 Å². The van der Waals surface area contributed by atoms with Crippen LogP contribution >= 0.6 is 11.8 Å². The summed E-state index contributed by atoms with van der Waals surface area (Å²) < 4.78 is 0. The number of nitrogens with zero attached hydrogens (tertiary/aromatic N) is 2. The maximum atomic E-state index is 12.6. The van der Waals surface area contributed by atoms with Crippen molar-refractivity contribution in [2.75, 3.05) is 11.6 Å². The van der Waals surface area contributed by atoms with Crippen LogP contribution in [0.4, 0.5) is 0 Å². The Morgan fingerprint density at radius 3 is 2.65 bits per heavy atom. The zero-order valence-corrected chi connectivity index (χ0v) is 13.3. The van der Waals surface area contributed by atoms with E-state index in [2.05, 4.69) is 10.3 Å². The van der Waals surface area contributed by atoms with Gasteiger partial charge >= 0.3 is 0 Å². The van der Waals surface area contributed by atoms with E-state index in [-0.39, 0.29) is 11.8 Å². The molecule has 2 amide bonds. The first kappa shape index (κ1) is 15.6. The highest BCUT2D eigenvalue weighted by Gasteiger charge is 2.34. The molecule has 0 aliphatic carbocycles. The molecule has 23 heavy (non-hydrogen) atoms. The minimum Gasteiger partial charge on any atom is -0.350 e. The summed E-state index contributed by atoms with van der Waals surface area (Å²) in [7, 11) is 0. The van der Waals surface area contributed by atoms with Crippen LogP contribution in [-0.4, -0.2) is 39.4 Å². The number of hydrogen-bond acceptors (Lipinski definition) is 4. The van der Waals surface area contributed by atoms with Gasteiger partial charge in [-0.3, -0.25) is 14.6 Å². The van der Waals surface area contributed by atoms with Crippen molar-refractivity contribution in [3.63, 3.8) is 0 Å². The van der Waals surface area contributed by atoms with Crippen molar-refractivity contribution in [2.45, 2.75) is 12.6 Å². The first-order valence-electron chi connectivity index (χ1n) is 7.36. The summed E-state index contributed by atoms with van der Waals surface area (Å²) in [5.41, 5.74) is 1.60. The lowest BCUT2D eigenvalue weighted by molar-refractivity contribution is -0.124. The van der Waals surface area contributed by atoms with Gasteiger partial charge in [0.1, 0.15) is 6.04 Å². The highest BCUT2D eigenvalue weighted by Crippen LogP contribution is 2.23. The molecule has 6 heteroatoms. The summed E-state index contributed by atoms with van der Waals surface area (Å²) in [6, 6.07) is 12.4. The van der Waals surface area contributed by atoms with Gasteiger partial charge in [0.25, 0.3) is 5.91 Å². The summed E-state index contributed by atoms with van der Waals surface area (Å²) in [4.78, 5) is 30.6. The van der Waals surface area contributed by atoms with Gasteiger partial charge in [0.15, 0.2) is 0 Å². The second-order valence-electron chi connectivity index (χ2n) is 5.23. The van der Waals surface area contributed by atoms with Crippen molar-refractivity contribution in [3.8, 4) is 0 Å². The summed E-state index contributed by atoms with van der Waals surface area (Å²) in [5.74, 6) is 0.956. The SMILES string of the molecule is O=C(NCc1ccncc1)[C@@H]1CSCN1C(=O)c1ccccc1. The van der Waals surface area contributed by atoms with Crippen LogP contribution in [0.25, 0.3) is 0 Å². The van der Waals surface area contributed by atoms with E-state index in [1.165, 1.54) is 0 Å². The lowest BCUT2D eigenvalue weighted by Gasteiger charge is -2.23. The molecule has 0 bridgehead atoms. The van der Waals surface area contributed by atoms with Crippen molar-refractivity contribution in [3.05, 3.63) is 66.0 Å². The van der Waals surface area contributed by atoms with Crippen molar-refractivity contribution in [1.29, 1.82) is 0 Å². The first-order chi connectivity index (χ1) is 11.3. The Morgan fingerprint density at radius 1 is 1.17 bits per heavy atom. The first-order valence-corrected chi connectivity index (χ1v) is 8.51. The van der Waals surface area contributed by atoms with Gasteiger partial charge in [0, 0.05) is 30.3 Å². The van der Waals surface area contributed by atoms with Crippen LogP contribution < -0.4 is 5.32 Å². The fourth-order valence-corrected chi connectivity index (χ4v) is 3.57. The highest BCUT2D eigenvalue weighted by atomic mass is 32.2. The summed E-state index contributed by atoms with van der Waals surface area (Å²) in [6.45, 7) is 0.440. The second kappa shape index (κ2) is 7.28. The summed E-state index contributed by atoms with van der Waals surface area (Å²) >= 11 is 1.60. The molecule has 5 nitrogen and oxygen atoms in total. The zero-order valence-electron chi connectivity index (χ0n) is 12.5. The van der Waals surface area contributed by atoms with Gasteiger partial charge in [0.05, 0.1) is 5.88 Å². The number of nitrogens with one attached hydrogen (secondary N) is 1. The molecule has 1 atom stereocenters. The molecule has 0 saturated carbocycles. The van der Waals surface area contributed by atoms with Gasteiger partial charge in [-0.2, -0.15) is 0 Å². The lowest BCUT2D eigenvalue weighted by atomic mass is 10.1. The topological polar surface area (TPSA) is 62.3 Å². The molecule has 1 fully saturated rings. The van der Waals surface area contributed by atoms with E-state index in [0.29, 0.717) is 23.7 Å². The van der Waals surface area contributed by atoms with Gasteiger partial charge < -0.3 is 10.2 Å². The average molecular weight is 327 g/mol. The maximum absolute atomic E-state index is 12.6. The molecule has 0 unspecified atom stereocenters. The normalized spacial score (nSPS) is 17.0. The molecule has 1 aliphatic rings. The molecule has 2 heterocycles. The molecular weight excluding hydrogens is 310 g/mol. The average Bonchev–Trinajstić information content (AvgIpc) is 3.10. The minimum absolute atomic E-state index is 0.0975. The van der Waals surface area contributed by atoms with Crippen LogP contribution in [0.5, 0.6) is 0 Å². The van der Waals surface area contributed by atoms with E-state index in [1.807, 2.05) is 30.3 Å². The quantitative estimate of drug-likeness (QED) is 0.932. The smallest absolute Gasteiger partial charge is 0.255 e. The van der Waals surface area contributed by atoms with Crippen molar-refractivity contribution < 1.29 is 9.59 Å². The van der Waals surface area contributed by atoms with Crippen LogP contribution in [0.2, 0.25) is 0 Å². The third kappa shape index (κ3) is 3.71. The lowest BCUT2D eigenvalue weighted by Crippen LogP contribution is -2.47.